The Hall–Kier alpha value is -1.99. The second-order valence-electron chi connectivity index (χ2n) is 11.7. The molecular formula is C28H40O7. The highest BCUT2D eigenvalue weighted by Gasteiger charge is 2.70. The summed E-state index contributed by atoms with van der Waals surface area (Å²) in [5, 5.41) is 21.4. The van der Waals surface area contributed by atoms with Gasteiger partial charge in [-0.05, 0) is 68.4 Å². The van der Waals surface area contributed by atoms with Crippen LogP contribution >= 0.6 is 0 Å². The molecule has 3 fully saturated rings. The predicted molar refractivity (Wildman–Crippen MR) is 129 cm³/mol. The van der Waals surface area contributed by atoms with E-state index >= 15 is 0 Å². The maximum atomic E-state index is 13.2. The molecule has 0 heterocycles. The number of carbonyl (C=O) groups excluding carboxylic acids is 3. The zero-order valence-electron chi connectivity index (χ0n) is 21.4. The normalized spacial score (nSPS) is 40.7. The van der Waals surface area contributed by atoms with Crippen LogP contribution in [0.1, 0.15) is 72.6 Å². The molecule has 0 spiro atoms. The lowest BCUT2D eigenvalue weighted by molar-refractivity contribution is -0.184. The summed E-state index contributed by atoms with van der Waals surface area (Å²) >= 11 is 0. The summed E-state index contributed by atoms with van der Waals surface area (Å²) in [4.78, 5) is 38.1. The molecule has 8 atom stereocenters. The van der Waals surface area contributed by atoms with Gasteiger partial charge in [0.05, 0.1) is 12.7 Å². The van der Waals surface area contributed by atoms with Crippen molar-refractivity contribution in [1.29, 1.82) is 0 Å². The number of fused-ring (bicyclic) bond motifs is 5. The van der Waals surface area contributed by atoms with E-state index in [0.29, 0.717) is 12.8 Å². The van der Waals surface area contributed by atoms with Gasteiger partial charge >= 0.3 is 6.16 Å². The van der Waals surface area contributed by atoms with Gasteiger partial charge in [-0.15, -0.1) is 0 Å². The standard InChI is InChI=1S/C28H40O7/c1-5-6-17(2)16-34-25(33)35-28(23(32)15-29)12-10-21-20-8-7-18-13-19(30)9-11-26(18,3)24(20)22(31)14-27(21,28)4/h9,11,13,17,20-22,24,29,31H,5-8,10,12,14-16H2,1-4H3/t17?,20-,21-,22?,24+,26-,27-,28-/m0/s1. The maximum absolute atomic E-state index is 13.2. The van der Waals surface area contributed by atoms with Crippen molar-refractivity contribution in [2.24, 2.45) is 34.5 Å². The molecular weight excluding hydrogens is 448 g/mol. The lowest BCUT2D eigenvalue weighted by Gasteiger charge is -2.59. The first-order valence-corrected chi connectivity index (χ1v) is 13.1. The third kappa shape index (κ3) is 4.08. The van der Waals surface area contributed by atoms with Crippen molar-refractivity contribution in [2.75, 3.05) is 13.2 Å². The lowest BCUT2D eigenvalue weighted by Crippen LogP contribution is -2.63. The molecule has 2 unspecified atom stereocenters. The van der Waals surface area contributed by atoms with Crippen molar-refractivity contribution >= 4 is 17.7 Å². The van der Waals surface area contributed by atoms with Crippen LogP contribution in [0.15, 0.2) is 23.8 Å². The Morgan fingerprint density at radius 1 is 1.26 bits per heavy atom. The Kier molecular flexibility index (Phi) is 7.06. The topological polar surface area (TPSA) is 110 Å². The van der Waals surface area contributed by atoms with Crippen molar-refractivity contribution in [3.05, 3.63) is 23.8 Å². The van der Waals surface area contributed by atoms with Gasteiger partial charge in [-0.2, -0.15) is 0 Å². The quantitative estimate of drug-likeness (QED) is 0.518. The Bertz CT molecular complexity index is 938. The van der Waals surface area contributed by atoms with E-state index in [-0.39, 0.29) is 42.5 Å². The summed E-state index contributed by atoms with van der Waals surface area (Å²) < 4.78 is 11.3. The number of aliphatic hydroxyl groups is 2. The largest absolute Gasteiger partial charge is 0.509 e. The zero-order valence-corrected chi connectivity index (χ0v) is 21.4. The minimum absolute atomic E-state index is 0.0142. The molecule has 0 aromatic rings. The molecule has 194 valence electrons. The Morgan fingerprint density at radius 2 is 2.00 bits per heavy atom. The van der Waals surface area contributed by atoms with Crippen LogP contribution in [0, 0.1) is 34.5 Å². The van der Waals surface area contributed by atoms with Gasteiger partial charge in [-0.3, -0.25) is 9.59 Å². The van der Waals surface area contributed by atoms with Crippen molar-refractivity contribution in [3.8, 4) is 0 Å². The molecule has 4 aliphatic carbocycles. The summed E-state index contributed by atoms with van der Waals surface area (Å²) in [6.07, 6.45) is 8.30. The average Bonchev–Trinajstić information content (AvgIpc) is 3.10. The number of carbonyl (C=O) groups is 3. The number of allylic oxidation sites excluding steroid dienone is 4. The van der Waals surface area contributed by atoms with E-state index in [9.17, 15) is 24.6 Å². The molecule has 0 bridgehead atoms. The Balaban J connectivity index is 1.63. The van der Waals surface area contributed by atoms with Crippen LogP contribution < -0.4 is 0 Å². The second kappa shape index (κ2) is 9.47. The van der Waals surface area contributed by atoms with Gasteiger partial charge in [0.2, 0.25) is 5.78 Å². The molecule has 7 nitrogen and oxygen atoms in total. The van der Waals surface area contributed by atoms with Crippen molar-refractivity contribution in [1.82, 2.24) is 0 Å². The van der Waals surface area contributed by atoms with Crippen LogP contribution in [-0.4, -0.2) is 52.9 Å². The van der Waals surface area contributed by atoms with Gasteiger partial charge in [-0.25, -0.2) is 4.79 Å². The van der Waals surface area contributed by atoms with Gasteiger partial charge in [0.25, 0.3) is 0 Å². The van der Waals surface area contributed by atoms with Gasteiger partial charge in [0.15, 0.2) is 11.4 Å². The average molecular weight is 489 g/mol. The zero-order chi connectivity index (χ0) is 25.6. The number of ketones is 2. The molecule has 4 rings (SSSR count). The summed E-state index contributed by atoms with van der Waals surface area (Å²) in [6, 6.07) is 0. The van der Waals surface area contributed by atoms with Gasteiger partial charge in [-0.1, -0.05) is 45.8 Å². The van der Waals surface area contributed by atoms with Crippen LogP contribution in [0.3, 0.4) is 0 Å². The smallest absolute Gasteiger partial charge is 0.434 e. The molecule has 0 radical (unpaired) electrons. The Morgan fingerprint density at radius 3 is 2.69 bits per heavy atom. The van der Waals surface area contributed by atoms with Gasteiger partial charge < -0.3 is 19.7 Å². The highest BCUT2D eigenvalue weighted by Crippen LogP contribution is 2.67. The number of Topliss-reactive ketones (excluding diaryl/α,β-unsaturated/α-hetero) is 1. The molecule has 35 heavy (non-hydrogen) atoms. The SMILES string of the molecule is CCCC(C)COC(=O)O[C@]1(C(=O)CO)CC[C@H]2[C@@H]3CCC4=CC(=O)C=C[C@]4(C)[C@H]3C(O)C[C@@]21C. The van der Waals surface area contributed by atoms with Crippen LogP contribution in [0.5, 0.6) is 0 Å². The summed E-state index contributed by atoms with van der Waals surface area (Å²) in [5.41, 5.74) is -1.71. The third-order valence-electron chi connectivity index (χ3n) is 9.73. The first-order valence-electron chi connectivity index (χ1n) is 13.1. The minimum atomic E-state index is -1.53. The van der Waals surface area contributed by atoms with E-state index in [1.807, 2.05) is 19.9 Å². The van der Waals surface area contributed by atoms with Crippen LogP contribution in [0.2, 0.25) is 0 Å². The second-order valence-corrected chi connectivity index (χ2v) is 11.7. The van der Waals surface area contributed by atoms with E-state index in [0.717, 1.165) is 31.3 Å². The van der Waals surface area contributed by atoms with Crippen LogP contribution in [-0.2, 0) is 19.1 Å². The maximum Gasteiger partial charge on any atom is 0.509 e. The Labute approximate surface area is 207 Å². The van der Waals surface area contributed by atoms with Crippen LogP contribution in [0.4, 0.5) is 4.79 Å². The first-order chi connectivity index (χ1) is 16.5. The predicted octanol–water partition coefficient (Wildman–Crippen LogP) is 4.15. The molecule has 4 aliphatic rings. The molecule has 7 heteroatoms. The van der Waals surface area contributed by atoms with E-state index < -0.39 is 41.1 Å². The highest BCUT2D eigenvalue weighted by molar-refractivity contribution is 6.01. The van der Waals surface area contributed by atoms with E-state index in [1.165, 1.54) is 0 Å². The fraction of sp³-hybridized carbons (Fsp3) is 0.750. The molecule has 0 aromatic carbocycles. The highest BCUT2D eigenvalue weighted by atomic mass is 16.7. The lowest BCUT2D eigenvalue weighted by atomic mass is 9.46. The first kappa shape index (κ1) is 26.1. The van der Waals surface area contributed by atoms with Gasteiger partial charge in [0, 0.05) is 16.7 Å². The summed E-state index contributed by atoms with van der Waals surface area (Å²) in [6.45, 7) is 7.56. The number of ether oxygens (including phenoxy) is 2. The number of aliphatic hydroxyl groups excluding tert-OH is 2. The molecule has 0 amide bonds. The molecule has 0 aromatic heterocycles. The van der Waals surface area contributed by atoms with E-state index in [4.69, 9.17) is 9.47 Å². The fourth-order valence-corrected chi connectivity index (χ4v) is 8.08. The van der Waals surface area contributed by atoms with Crippen LogP contribution in [0.25, 0.3) is 0 Å². The number of hydrogen-bond donors (Lipinski definition) is 2. The van der Waals surface area contributed by atoms with Crippen molar-refractivity contribution in [3.63, 3.8) is 0 Å². The molecule has 0 aliphatic heterocycles. The van der Waals surface area contributed by atoms with Crippen molar-refractivity contribution < 1.29 is 34.1 Å². The number of hydrogen-bond acceptors (Lipinski definition) is 7. The van der Waals surface area contributed by atoms with Crippen molar-refractivity contribution in [2.45, 2.75) is 84.3 Å². The van der Waals surface area contributed by atoms with E-state index in [1.54, 1.807) is 12.2 Å². The molecule has 0 saturated heterocycles. The fourth-order valence-electron chi connectivity index (χ4n) is 8.08. The summed E-state index contributed by atoms with van der Waals surface area (Å²) in [7, 11) is 0. The summed E-state index contributed by atoms with van der Waals surface area (Å²) in [5.74, 6) is -0.324. The van der Waals surface area contributed by atoms with Gasteiger partial charge in [0.1, 0.15) is 6.61 Å². The minimum Gasteiger partial charge on any atom is -0.434 e. The monoisotopic (exact) mass is 488 g/mol. The molecule has 2 N–H and O–H groups in total. The number of rotatable bonds is 7. The third-order valence-corrected chi connectivity index (χ3v) is 9.73. The molecule has 3 saturated carbocycles. The van der Waals surface area contributed by atoms with E-state index in [2.05, 4.69) is 13.8 Å².